The number of rotatable bonds is 5. The van der Waals surface area contributed by atoms with E-state index in [4.69, 9.17) is 0 Å². The first-order valence-electron chi connectivity index (χ1n) is 10.5. The van der Waals surface area contributed by atoms with Gasteiger partial charge in [-0.2, -0.15) is 0 Å². The molecule has 0 spiro atoms. The Kier molecular flexibility index (Phi) is 4.91. The summed E-state index contributed by atoms with van der Waals surface area (Å²) in [4.78, 5) is 15.7. The molecule has 1 aliphatic heterocycles. The Hall–Kier alpha value is -2.91. The van der Waals surface area contributed by atoms with Gasteiger partial charge in [-0.05, 0) is 40.7 Å². The summed E-state index contributed by atoms with van der Waals surface area (Å²) in [6, 6.07) is 27.5. The summed E-state index contributed by atoms with van der Waals surface area (Å²) in [6.45, 7) is 3.04. The molecule has 29 heavy (non-hydrogen) atoms. The molecule has 0 aromatic heterocycles. The van der Waals surface area contributed by atoms with Gasteiger partial charge in [0.1, 0.15) is 0 Å². The number of benzene rings is 3. The highest BCUT2D eigenvalue weighted by molar-refractivity contribution is 5.96. The van der Waals surface area contributed by atoms with Crippen LogP contribution < -0.4 is 5.32 Å². The molecule has 1 fully saturated rings. The van der Waals surface area contributed by atoms with Gasteiger partial charge >= 0.3 is 0 Å². The van der Waals surface area contributed by atoms with Gasteiger partial charge < -0.3 is 10.2 Å². The van der Waals surface area contributed by atoms with Crippen LogP contribution in [0.2, 0.25) is 0 Å². The molecule has 0 radical (unpaired) electrons. The zero-order valence-electron chi connectivity index (χ0n) is 16.6. The molecule has 0 saturated carbocycles. The minimum Gasteiger partial charge on any atom is -0.351 e. The predicted molar refractivity (Wildman–Crippen MR) is 117 cm³/mol. The van der Waals surface area contributed by atoms with Crippen LogP contribution in [0.25, 0.3) is 11.1 Å². The minimum absolute atomic E-state index is 0.136. The highest BCUT2D eigenvalue weighted by Gasteiger charge is 2.35. The van der Waals surface area contributed by atoms with Crippen LogP contribution in [0.4, 0.5) is 0 Å². The minimum atomic E-state index is -0.194. The van der Waals surface area contributed by atoms with Crippen LogP contribution in [-0.2, 0) is 11.2 Å². The third-order valence-corrected chi connectivity index (χ3v) is 6.27. The van der Waals surface area contributed by atoms with Crippen molar-refractivity contribution in [3.05, 3.63) is 95.6 Å². The molecule has 3 aromatic carbocycles. The Labute approximate surface area is 172 Å². The Balaban J connectivity index is 1.24. The molecular formula is C26H26N2O. The average Bonchev–Trinajstić information content (AvgIpc) is 3.35. The first-order chi connectivity index (χ1) is 14.3. The van der Waals surface area contributed by atoms with Crippen molar-refractivity contribution in [2.45, 2.75) is 24.8 Å². The number of carbonyl (C=O) groups excluding carboxylic acids is 1. The zero-order chi connectivity index (χ0) is 19.6. The van der Waals surface area contributed by atoms with E-state index in [0.717, 1.165) is 43.6 Å². The van der Waals surface area contributed by atoms with Gasteiger partial charge in [0, 0.05) is 25.7 Å². The molecule has 5 rings (SSSR count). The van der Waals surface area contributed by atoms with E-state index in [1.165, 1.54) is 16.7 Å². The second kappa shape index (κ2) is 7.84. The highest BCUT2D eigenvalue weighted by atomic mass is 16.2. The lowest BCUT2D eigenvalue weighted by Gasteiger charge is -2.19. The van der Waals surface area contributed by atoms with Crippen molar-refractivity contribution in [1.29, 1.82) is 0 Å². The van der Waals surface area contributed by atoms with Crippen LogP contribution in [0.5, 0.6) is 0 Å². The number of nitrogens with zero attached hydrogens (tertiary/aromatic N) is 1. The molecule has 2 aliphatic rings. The number of fused-ring (bicyclic) bond motifs is 3. The number of hydrogen-bond acceptors (Lipinski definition) is 2. The predicted octanol–water partition coefficient (Wildman–Crippen LogP) is 4.23. The molecule has 1 saturated heterocycles. The Bertz CT molecular complexity index is 968. The molecule has 1 aliphatic carbocycles. The van der Waals surface area contributed by atoms with E-state index in [1.54, 1.807) is 0 Å². The summed E-state index contributed by atoms with van der Waals surface area (Å²) >= 11 is 0. The van der Waals surface area contributed by atoms with Crippen LogP contribution in [0.3, 0.4) is 0 Å². The lowest BCUT2D eigenvalue weighted by Crippen LogP contribution is -2.40. The SMILES string of the molecule is O=C(NC1CCN(CCc2ccccc2)C1)C1c2ccccc2-c2ccccc21. The largest absolute Gasteiger partial charge is 0.351 e. The number of likely N-dealkylation sites (tertiary alicyclic amines) is 1. The van der Waals surface area contributed by atoms with Crippen molar-refractivity contribution in [3.8, 4) is 11.1 Å². The van der Waals surface area contributed by atoms with Crippen molar-refractivity contribution in [3.63, 3.8) is 0 Å². The van der Waals surface area contributed by atoms with E-state index in [9.17, 15) is 4.79 Å². The van der Waals surface area contributed by atoms with Gasteiger partial charge in [-0.25, -0.2) is 0 Å². The first kappa shape index (κ1) is 18.1. The molecule has 1 heterocycles. The number of nitrogens with one attached hydrogen (secondary N) is 1. The van der Waals surface area contributed by atoms with E-state index >= 15 is 0 Å². The molecule has 1 atom stereocenters. The maximum atomic E-state index is 13.3. The summed E-state index contributed by atoms with van der Waals surface area (Å²) in [7, 11) is 0. The van der Waals surface area contributed by atoms with Crippen LogP contribution in [-0.4, -0.2) is 36.5 Å². The zero-order valence-corrected chi connectivity index (χ0v) is 16.6. The van der Waals surface area contributed by atoms with Crippen molar-refractivity contribution in [2.75, 3.05) is 19.6 Å². The molecule has 1 amide bonds. The second-order valence-electron chi connectivity index (χ2n) is 8.14. The van der Waals surface area contributed by atoms with Crippen molar-refractivity contribution in [1.82, 2.24) is 10.2 Å². The van der Waals surface area contributed by atoms with Crippen molar-refractivity contribution < 1.29 is 4.79 Å². The summed E-state index contributed by atoms with van der Waals surface area (Å²) in [6.07, 6.45) is 2.08. The van der Waals surface area contributed by atoms with E-state index < -0.39 is 0 Å². The summed E-state index contributed by atoms with van der Waals surface area (Å²) < 4.78 is 0. The first-order valence-corrected chi connectivity index (χ1v) is 10.5. The lowest BCUT2D eigenvalue weighted by atomic mass is 9.95. The van der Waals surface area contributed by atoms with Gasteiger partial charge in [-0.3, -0.25) is 4.79 Å². The maximum absolute atomic E-state index is 13.3. The van der Waals surface area contributed by atoms with E-state index in [1.807, 2.05) is 12.1 Å². The van der Waals surface area contributed by atoms with Crippen LogP contribution in [0, 0.1) is 0 Å². The van der Waals surface area contributed by atoms with Gasteiger partial charge in [0.05, 0.1) is 5.92 Å². The van der Waals surface area contributed by atoms with E-state index in [-0.39, 0.29) is 17.9 Å². The Morgan fingerprint density at radius 2 is 1.48 bits per heavy atom. The van der Waals surface area contributed by atoms with Gasteiger partial charge in [0.25, 0.3) is 0 Å². The fraction of sp³-hybridized carbons (Fsp3) is 0.269. The van der Waals surface area contributed by atoms with Crippen LogP contribution in [0.15, 0.2) is 78.9 Å². The monoisotopic (exact) mass is 382 g/mol. The Morgan fingerprint density at radius 3 is 2.17 bits per heavy atom. The topological polar surface area (TPSA) is 32.3 Å². The Morgan fingerprint density at radius 1 is 0.862 bits per heavy atom. The van der Waals surface area contributed by atoms with Crippen molar-refractivity contribution >= 4 is 5.91 Å². The molecular weight excluding hydrogens is 356 g/mol. The third-order valence-electron chi connectivity index (χ3n) is 6.27. The van der Waals surface area contributed by atoms with E-state index in [0.29, 0.717) is 0 Å². The normalized spacial score (nSPS) is 18.4. The average molecular weight is 383 g/mol. The summed E-state index contributed by atoms with van der Waals surface area (Å²) in [5.41, 5.74) is 6.02. The van der Waals surface area contributed by atoms with Crippen LogP contribution in [0.1, 0.15) is 29.0 Å². The third kappa shape index (κ3) is 3.58. The maximum Gasteiger partial charge on any atom is 0.232 e. The lowest BCUT2D eigenvalue weighted by molar-refractivity contribution is -0.122. The number of carbonyl (C=O) groups is 1. The highest BCUT2D eigenvalue weighted by Crippen LogP contribution is 2.44. The fourth-order valence-corrected chi connectivity index (χ4v) is 4.81. The molecule has 3 nitrogen and oxygen atoms in total. The summed E-state index contributed by atoms with van der Waals surface area (Å²) in [5.74, 6) is -0.0573. The smallest absolute Gasteiger partial charge is 0.232 e. The fourth-order valence-electron chi connectivity index (χ4n) is 4.81. The quantitative estimate of drug-likeness (QED) is 0.716. The van der Waals surface area contributed by atoms with Crippen molar-refractivity contribution in [2.24, 2.45) is 0 Å². The standard InChI is InChI=1S/C26H26N2O/c29-26(25-23-12-6-4-10-21(23)22-11-5-7-13-24(22)25)27-20-15-17-28(18-20)16-14-19-8-2-1-3-9-19/h1-13,20,25H,14-18H2,(H,27,29). The molecule has 0 bridgehead atoms. The van der Waals surface area contributed by atoms with Crippen LogP contribution >= 0.6 is 0 Å². The molecule has 3 aromatic rings. The molecule has 3 heteroatoms. The van der Waals surface area contributed by atoms with Gasteiger partial charge in [-0.1, -0.05) is 78.9 Å². The molecule has 1 unspecified atom stereocenters. The van der Waals surface area contributed by atoms with Gasteiger partial charge in [-0.15, -0.1) is 0 Å². The summed E-state index contributed by atoms with van der Waals surface area (Å²) in [5, 5.41) is 3.35. The van der Waals surface area contributed by atoms with Gasteiger partial charge in [0.15, 0.2) is 0 Å². The second-order valence-corrected chi connectivity index (χ2v) is 8.14. The number of hydrogen-bond donors (Lipinski definition) is 1. The number of amides is 1. The van der Waals surface area contributed by atoms with E-state index in [2.05, 4.69) is 76.9 Å². The molecule has 1 N–H and O–H groups in total. The molecule has 146 valence electrons. The van der Waals surface area contributed by atoms with Gasteiger partial charge in [0.2, 0.25) is 5.91 Å².